The molecule has 2 heterocycles. The summed E-state index contributed by atoms with van der Waals surface area (Å²) in [4.78, 5) is 0. The van der Waals surface area contributed by atoms with Gasteiger partial charge in [0.2, 0.25) is 11.8 Å². The SMILES string of the molecule is CCc1ccc(OCc2nnc(SCc3nnc(-c4ccc(C)cc4)o3)n2CC(C)C)cc1. The predicted molar refractivity (Wildman–Crippen MR) is 129 cm³/mol. The first-order valence-corrected chi connectivity index (χ1v) is 12.2. The lowest BCUT2D eigenvalue weighted by Crippen LogP contribution is -2.12. The number of thioether (sulfide) groups is 1. The highest BCUT2D eigenvalue weighted by Crippen LogP contribution is 2.25. The lowest BCUT2D eigenvalue weighted by Gasteiger charge is -2.13. The van der Waals surface area contributed by atoms with Gasteiger partial charge in [0.25, 0.3) is 0 Å². The van der Waals surface area contributed by atoms with Crippen LogP contribution in [-0.2, 0) is 25.3 Å². The van der Waals surface area contributed by atoms with Gasteiger partial charge in [-0.15, -0.1) is 20.4 Å². The summed E-state index contributed by atoms with van der Waals surface area (Å²) in [6.07, 6.45) is 1.01. The molecule has 7 nitrogen and oxygen atoms in total. The number of ether oxygens (including phenoxy) is 1. The van der Waals surface area contributed by atoms with Crippen molar-refractivity contribution >= 4 is 11.8 Å². The molecular weight excluding hydrogens is 434 g/mol. The molecule has 4 aromatic rings. The summed E-state index contributed by atoms with van der Waals surface area (Å²) in [5, 5.41) is 18.0. The summed E-state index contributed by atoms with van der Waals surface area (Å²) >= 11 is 1.54. The summed E-state index contributed by atoms with van der Waals surface area (Å²) < 4.78 is 14.0. The largest absolute Gasteiger partial charge is 0.486 e. The zero-order valence-electron chi connectivity index (χ0n) is 19.5. The van der Waals surface area contributed by atoms with Crippen LogP contribution in [-0.4, -0.2) is 25.0 Å². The van der Waals surface area contributed by atoms with E-state index in [9.17, 15) is 0 Å². The van der Waals surface area contributed by atoms with Crippen molar-refractivity contribution in [3.8, 4) is 17.2 Å². The Kier molecular flexibility index (Phi) is 7.44. The first kappa shape index (κ1) is 23.0. The zero-order chi connectivity index (χ0) is 23.2. The molecule has 0 saturated carbocycles. The van der Waals surface area contributed by atoms with E-state index < -0.39 is 0 Å². The molecule has 0 spiro atoms. The second kappa shape index (κ2) is 10.7. The van der Waals surface area contributed by atoms with E-state index in [0.717, 1.165) is 35.3 Å². The van der Waals surface area contributed by atoms with Gasteiger partial charge in [-0.2, -0.15) is 0 Å². The Balaban J connectivity index is 1.42. The molecule has 0 radical (unpaired) electrons. The van der Waals surface area contributed by atoms with Gasteiger partial charge in [-0.3, -0.25) is 0 Å². The normalized spacial score (nSPS) is 11.3. The quantitative estimate of drug-likeness (QED) is 0.278. The standard InChI is InChI=1S/C25H29N5O2S/c1-5-19-8-12-21(13-9-19)31-15-22-26-29-25(30(22)14-17(2)3)33-16-23-27-28-24(32-23)20-10-6-18(4)7-11-20/h6-13,17H,5,14-16H2,1-4H3. The van der Waals surface area contributed by atoms with Crippen LogP contribution in [0.25, 0.3) is 11.5 Å². The Morgan fingerprint density at radius 2 is 1.73 bits per heavy atom. The van der Waals surface area contributed by atoms with E-state index in [2.05, 4.69) is 57.9 Å². The smallest absolute Gasteiger partial charge is 0.247 e. The van der Waals surface area contributed by atoms with Gasteiger partial charge in [0.15, 0.2) is 11.0 Å². The minimum absolute atomic E-state index is 0.365. The summed E-state index contributed by atoms with van der Waals surface area (Å²) in [6, 6.07) is 16.2. The van der Waals surface area contributed by atoms with Crippen LogP contribution in [0.2, 0.25) is 0 Å². The molecule has 2 aromatic carbocycles. The van der Waals surface area contributed by atoms with E-state index in [0.29, 0.717) is 30.1 Å². The number of aryl methyl sites for hydroxylation is 2. The molecule has 172 valence electrons. The van der Waals surface area contributed by atoms with Crippen LogP contribution >= 0.6 is 11.8 Å². The van der Waals surface area contributed by atoms with Crippen molar-refractivity contribution in [3.63, 3.8) is 0 Å². The molecule has 0 amide bonds. The molecule has 0 aliphatic carbocycles. The highest BCUT2D eigenvalue weighted by Gasteiger charge is 2.16. The fourth-order valence-electron chi connectivity index (χ4n) is 3.30. The molecule has 4 rings (SSSR count). The predicted octanol–water partition coefficient (Wildman–Crippen LogP) is 5.73. The minimum atomic E-state index is 0.365. The average Bonchev–Trinajstić information content (AvgIpc) is 3.44. The van der Waals surface area contributed by atoms with Crippen molar-refractivity contribution < 1.29 is 9.15 Å². The minimum Gasteiger partial charge on any atom is -0.486 e. The van der Waals surface area contributed by atoms with E-state index in [1.165, 1.54) is 22.9 Å². The van der Waals surface area contributed by atoms with Gasteiger partial charge in [-0.05, 0) is 49.1 Å². The summed E-state index contributed by atoms with van der Waals surface area (Å²) in [7, 11) is 0. The first-order valence-electron chi connectivity index (χ1n) is 11.2. The molecule has 0 aliphatic heterocycles. The van der Waals surface area contributed by atoms with Gasteiger partial charge >= 0.3 is 0 Å². The highest BCUT2D eigenvalue weighted by atomic mass is 32.2. The third-order valence-electron chi connectivity index (χ3n) is 5.13. The third kappa shape index (κ3) is 6.01. The molecular formula is C25H29N5O2S. The molecule has 0 bridgehead atoms. The Bertz CT molecular complexity index is 1170. The van der Waals surface area contributed by atoms with E-state index in [1.807, 2.05) is 43.3 Å². The van der Waals surface area contributed by atoms with E-state index >= 15 is 0 Å². The van der Waals surface area contributed by atoms with Crippen molar-refractivity contribution in [2.24, 2.45) is 5.92 Å². The van der Waals surface area contributed by atoms with Gasteiger partial charge in [0.05, 0.1) is 5.75 Å². The summed E-state index contributed by atoms with van der Waals surface area (Å²) in [5.41, 5.74) is 3.39. The lowest BCUT2D eigenvalue weighted by molar-refractivity contribution is 0.284. The number of benzene rings is 2. The van der Waals surface area contributed by atoms with Gasteiger partial charge in [0, 0.05) is 12.1 Å². The molecule has 0 aliphatic rings. The van der Waals surface area contributed by atoms with Crippen molar-refractivity contribution in [1.82, 2.24) is 25.0 Å². The Hall–Kier alpha value is -3.13. The Morgan fingerprint density at radius 3 is 2.42 bits per heavy atom. The lowest BCUT2D eigenvalue weighted by atomic mass is 10.1. The van der Waals surface area contributed by atoms with E-state index in [-0.39, 0.29) is 0 Å². The van der Waals surface area contributed by atoms with Gasteiger partial charge < -0.3 is 13.7 Å². The van der Waals surface area contributed by atoms with Crippen LogP contribution < -0.4 is 4.74 Å². The topological polar surface area (TPSA) is 78.9 Å². The molecule has 0 N–H and O–H groups in total. The molecule has 0 unspecified atom stereocenters. The molecule has 33 heavy (non-hydrogen) atoms. The van der Waals surface area contributed by atoms with E-state index in [1.54, 1.807) is 0 Å². The van der Waals surface area contributed by atoms with Crippen LogP contribution in [0.3, 0.4) is 0 Å². The molecule has 0 atom stereocenters. The fourth-order valence-corrected chi connectivity index (χ4v) is 4.10. The monoisotopic (exact) mass is 463 g/mol. The summed E-state index contributed by atoms with van der Waals surface area (Å²) in [6.45, 7) is 9.71. The van der Waals surface area contributed by atoms with Crippen molar-refractivity contribution in [2.45, 2.75) is 58.2 Å². The van der Waals surface area contributed by atoms with Crippen LogP contribution in [0.15, 0.2) is 58.1 Å². The van der Waals surface area contributed by atoms with Gasteiger partial charge in [0.1, 0.15) is 12.4 Å². The fraction of sp³-hybridized carbons (Fsp3) is 0.360. The zero-order valence-corrected chi connectivity index (χ0v) is 20.3. The van der Waals surface area contributed by atoms with Crippen LogP contribution in [0, 0.1) is 12.8 Å². The van der Waals surface area contributed by atoms with Crippen LogP contribution in [0.1, 0.15) is 43.6 Å². The first-order chi connectivity index (χ1) is 16.0. The number of rotatable bonds is 10. The number of hydrogen-bond acceptors (Lipinski definition) is 7. The molecule has 0 saturated heterocycles. The Morgan fingerprint density at radius 1 is 0.970 bits per heavy atom. The van der Waals surface area contributed by atoms with Gasteiger partial charge in [-0.25, -0.2) is 0 Å². The maximum Gasteiger partial charge on any atom is 0.247 e. The number of aromatic nitrogens is 5. The van der Waals surface area contributed by atoms with Crippen molar-refractivity contribution in [1.29, 1.82) is 0 Å². The summed E-state index contributed by atoms with van der Waals surface area (Å²) in [5.74, 6) is 3.68. The number of hydrogen-bond donors (Lipinski definition) is 0. The second-order valence-electron chi connectivity index (χ2n) is 8.35. The molecule has 8 heteroatoms. The van der Waals surface area contributed by atoms with Crippen molar-refractivity contribution in [3.05, 3.63) is 71.4 Å². The average molecular weight is 464 g/mol. The number of nitrogens with zero attached hydrogens (tertiary/aromatic N) is 5. The van der Waals surface area contributed by atoms with Crippen LogP contribution in [0.5, 0.6) is 5.75 Å². The second-order valence-corrected chi connectivity index (χ2v) is 9.29. The third-order valence-corrected chi connectivity index (χ3v) is 6.08. The molecule has 0 fully saturated rings. The maximum atomic E-state index is 5.98. The Labute approximate surface area is 198 Å². The highest BCUT2D eigenvalue weighted by molar-refractivity contribution is 7.98. The van der Waals surface area contributed by atoms with Crippen molar-refractivity contribution in [2.75, 3.05) is 0 Å². The maximum absolute atomic E-state index is 5.98. The van der Waals surface area contributed by atoms with Gasteiger partial charge in [-0.1, -0.05) is 62.4 Å². The van der Waals surface area contributed by atoms with Crippen LogP contribution in [0.4, 0.5) is 0 Å². The van der Waals surface area contributed by atoms with E-state index in [4.69, 9.17) is 9.15 Å². The molecule has 2 aromatic heterocycles.